The van der Waals surface area contributed by atoms with Crippen molar-refractivity contribution in [3.8, 4) is 11.1 Å². The van der Waals surface area contributed by atoms with Gasteiger partial charge in [0.1, 0.15) is 28.8 Å². The summed E-state index contributed by atoms with van der Waals surface area (Å²) in [4.78, 5) is 25.8. The van der Waals surface area contributed by atoms with E-state index in [1.54, 1.807) is 24.0 Å². The second-order valence-electron chi connectivity index (χ2n) is 8.88. The molecule has 1 aromatic carbocycles. The molecule has 194 valence electrons. The van der Waals surface area contributed by atoms with Gasteiger partial charge in [0.2, 0.25) is 11.9 Å². The van der Waals surface area contributed by atoms with Crippen LogP contribution in [-0.2, 0) is 23.1 Å². The maximum Gasteiger partial charge on any atom is 0.401 e. The van der Waals surface area contributed by atoms with Crippen molar-refractivity contribution in [1.82, 2.24) is 30.5 Å². The number of nitrogens with zero attached hydrogens (tertiary/aromatic N) is 4. The topological polar surface area (TPSA) is 132 Å². The summed E-state index contributed by atoms with van der Waals surface area (Å²) in [5.41, 5.74) is 7.85. The van der Waals surface area contributed by atoms with E-state index in [0.717, 1.165) is 0 Å². The number of aromatic nitrogens is 4. The number of halogens is 4. The zero-order valence-electron chi connectivity index (χ0n) is 19.4. The number of anilines is 3. The average molecular weight is 518 g/mol. The Bertz CT molecular complexity index is 1370. The molecule has 2 aromatic heterocycles. The first-order valence-corrected chi connectivity index (χ1v) is 11.2. The molecule has 37 heavy (non-hydrogen) atoms. The van der Waals surface area contributed by atoms with Crippen molar-refractivity contribution in [3.05, 3.63) is 60.0 Å². The fourth-order valence-electron chi connectivity index (χ4n) is 4.00. The summed E-state index contributed by atoms with van der Waals surface area (Å²) in [6, 6.07) is 4.32. The van der Waals surface area contributed by atoms with Gasteiger partial charge in [0, 0.05) is 25.0 Å². The molecule has 3 heterocycles. The second-order valence-corrected chi connectivity index (χ2v) is 8.88. The molecule has 0 radical (unpaired) electrons. The van der Waals surface area contributed by atoms with E-state index in [-0.39, 0.29) is 42.4 Å². The fourth-order valence-corrected chi connectivity index (χ4v) is 4.00. The minimum Gasteiger partial charge on any atom is -0.410 e. The van der Waals surface area contributed by atoms with Crippen LogP contribution >= 0.6 is 0 Å². The van der Waals surface area contributed by atoms with E-state index in [1.165, 1.54) is 30.6 Å². The van der Waals surface area contributed by atoms with Crippen LogP contribution in [0, 0.1) is 11.2 Å². The van der Waals surface area contributed by atoms with E-state index in [4.69, 9.17) is 10.6 Å². The highest BCUT2D eigenvalue weighted by atomic mass is 19.4. The molecule has 14 heteroatoms. The second kappa shape index (κ2) is 9.03. The predicted molar refractivity (Wildman–Crippen MR) is 124 cm³/mol. The van der Waals surface area contributed by atoms with Crippen LogP contribution in [0.4, 0.5) is 35.0 Å². The largest absolute Gasteiger partial charge is 0.410 e. The van der Waals surface area contributed by atoms with Crippen LogP contribution in [-0.4, -0.2) is 38.0 Å². The molecule has 3 aromatic rings. The van der Waals surface area contributed by atoms with E-state index in [0.29, 0.717) is 16.8 Å². The van der Waals surface area contributed by atoms with Crippen molar-refractivity contribution >= 4 is 23.4 Å². The summed E-state index contributed by atoms with van der Waals surface area (Å²) in [6.07, 6.45) is 0.0580. The third kappa shape index (κ3) is 4.91. The van der Waals surface area contributed by atoms with E-state index >= 15 is 0 Å². The molecule has 10 nitrogen and oxygen atoms in total. The highest BCUT2D eigenvalue weighted by Gasteiger charge is 2.67. The van der Waals surface area contributed by atoms with Gasteiger partial charge in [-0.3, -0.25) is 9.48 Å². The number of nitrogens with two attached hydrogens (primary N) is 1. The third-order valence-corrected chi connectivity index (χ3v) is 6.19. The van der Waals surface area contributed by atoms with Gasteiger partial charge in [-0.25, -0.2) is 14.4 Å². The zero-order chi connectivity index (χ0) is 26.4. The minimum absolute atomic E-state index is 0.0638. The Morgan fingerprint density at radius 2 is 2.00 bits per heavy atom. The first kappa shape index (κ1) is 24.5. The lowest BCUT2D eigenvalue weighted by Gasteiger charge is -2.18. The van der Waals surface area contributed by atoms with Crippen molar-refractivity contribution in [2.75, 3.05) is 11.1 Å². The van der Waals surface area contributed by atoms with Crippen molar-refractivity contribution < 1.29 is 27.2 Å². The molecule has 0 spiro atoms. The number of benzene rings is 1. The lowest BCUT2D eigenvalue weighted by atomic mass is 10.0. The maximum atomic E-state index is 14.7. The molecule has 0 saturated heterocycles. The number of carbonyl (C=O) groups is 1. The quantitative estimate of drug-likeness (QED) is 0.351. The van der Waals surface area contributed by atoms with Gasteiger partial charge in [0.25, 0.3) is 0 Å². The number of hydrogen-bond donors (Lipinski definition) is 4. The molecule has 1 saturated carbocycles. The van der Waals surface area contributed by atoms with Gasteiger partial charge in [-0.15, -0.1) is 5.48 Å². The zero-order valence-corrected chi connectivity index (χ0v) is 19.4. The Kier molecular flexibility index (Phi) is 5.98. The predicted octanol–water partition coefficient (Wildman–Crippen LogP) is 3.09. The van der Waals surface area contributed by atoms with E-state index in [9.17, 15) is 22.4 Å². The monoisotopic (exact) mass is 518 g/mol. The third-order valence-electron chi connectivity index (χ3n) is 6.19. The Morgan fingerprint density at radius 3 is 2.59 bits per heavy atom. The van der Waals surface area contributed by atoms with E-state index in [2.05, 4.69) is 31.2 Å². The molecular weight excluding hydrogens is 496 g/mol. The van der Waals surface area contributed by atoms with Crippen LogP contribution in [0.25, 0.3) is 11.1 Å². The smallest absolute Gasteiger partial charge is 0.401 e. The van der Waals surface area contributed by atoms with E-state index < -0.39 is 29.5 Å². The molecule has 1 atom stereocenters. The van der Waals surface area contributed by atoms with Crippen molar-refractivity contribution in [1.29, 1.82) is 0 Å². The number of alkyl halides is 3. The number of rotatable bonds is 7. The fraction of sp³-hybridized carbons (Fsp3) is 0.304. The summed E-state index contributed by atoms with van der Waals surface area (Å²) in [5, 5.41) is 9.44. The molecule has 1 fully saturated rings. The van der Waals surface area contributed by atoms with Crippen LogP contribution in [0.2, 0.25) is 0 Å². The number of nitrogens with one attached hydrogen (secondary N) is 3. The van der Waals surface area contributed by atoms with Gasteiger partial charge >= 0.3 is 6.18 Å². The van der Waals surface area contributed by atoms with E-state index in [1.807, 2.05) is 0 Å². The Labute approximate surface area is 207 Å². The lowest BCUT2D eigenvalue weighted by Crippen LogP contribution is -2.41. The standard InChI is InChI=1S/C23H22F4N8O2/c1-35-11-16(20(28)33-35)31-21-29-9-14(10-30-21)12-2-3-13(15(24)6-12)7-19(36)32-18-8-17(37-34-18)22(4-5-22)23(25,26)27/h2-3,6,8-11,18,34H,4-5,7H2,1H3,(H2,28,33)(H,32,36)(H,29,30,31). The van der Waals surface area contributed by atoms with Crippen molar-refractivity contribution in [2.45, 2.75) is 31.6 Å². The molecule has 2 aliphatic rings. The number of hydroxylamine groups is 1. The molecular formula is C23H22F4N8O2. The molecule has 1 aliphatic carbocycles. The highest BCUT2D eigenvalue weighted by Crippen LogP contribution is 2.62. The number of aryl methyl sites for hydroxylation is 1. The van der Waals surface area contributed by atoms with Gasteiger partial charge in [-0.1, -0.05) is 12.1 Å². The first-order chi connectivity index (χ1) is 17.5. The molecule has 1 unspecified atom stereocenters. The van der Waals surface area contributed by atoms with Crippen LogP contribution in [0.1, 0.15) is 18.4 Å². The van der Waals surface area contributed by atoms with Gasteiger partial charge in [0.15, 0.2) is 5.82 Å². The molecule has 0 bridgehead atoms. The molecule has 1 amide bonds. The Hall–Kier alpha value is -4.20. The van der Waals surface area contributed by atoms with Gasteiger partial charge in [-0.2, -0.15) is 18.3 Å². The van der Waals surface area contributed by atoms with Gasteiger partial charge in [-0.05, 0) is 36.1 Å². The van der Waals surface area contributed by atoms with Crippen LogP contribution in [0.15, 0.2) is 48.6 Å². The number of allylic oxidation sites excluding steroid dienone is 1. The summed E-state index contributed by atoms with van der Waals surface area (Å²) in [5.74, 6) is -0.901. The van der Waals surface area contributed by atoms with Crippen molar-refractivity contribution in [3.63, 3.8) is 0 Å². The SMILES string of the molecule is Cn1cc(Nc2ncc(-c3ccc(CC(=O)NC4C=C(C5(C(F)(F)F)CC5)ON4)c(F)c3)cn2)c(N)n1. The number of hydrogen-bond acceptors (Lipinski definition) is 8. The maximum absolute atomic E-state index is 14.7. The summed E-state index contributed by atoms with van der Waals surface area (Å²) in [7, 11) is 1.72. The van der Waals surface area contributed by atoms with Gasteiger partial charge in [0.05, 0.1) is 12.6 Å². The van der Waals surface area contributed by atoms with Crippen LogP contribution in [0.3, 0.4) is 0 Å². The van der Waals surface area contributed by atoms with Crippen LogP contribution < -0.4 is 21.8 Å². The first-order valence-electron chi connectivity index (χ1n) is 11.2. The normalized spacial score (nSPS) is 18.2. The Morgan fingerprint density at radius 1 is 1.27 bits per heavy atom. The molecule has 5 rings (SSSR count). The number of carbonyl (C=O) groups excluding carboxylic acids is 1. The Balaban J connectivity index is 1.20. The summed E-state index contributed by atoms with van der Waals surface area (Å²) < 4.78 is 56.0. The van der Waals surface area contributed by atoms with Gasteiger partial charge < -0.3 is 21.2 Å². The highest BCUT2D eigenvalue weighted by molar-refractivity contribution is 5.79. The van der Waals surface area contributed by atoms with Crippen molar-refractivity contribution in [2.24, 2.45) is 12.5 Å². The number of amides is 1. The molecule has 1 aliphatic heterocycles. The molecule has 5 N–H and O–H groups in total. The van der Waals surface area contributed by atoms with Crippen LogP contribution in [0.5, 0.6) is 0 Å². The summed E-state index contributed by atoms with van der Waals surface area (Å²) >= 11 is 0. The minimum atomic E-state index is -4.43. The summed E-state index contributed by atoms with van der Waals surface area (Å²) in [6.45, 7) is 0. The average Bonchev–Trinajstić information content (AvgIpc) is 3.44. The lowest BCUT2D eigenvalue weighted by molar-refractivity contribution is -0.187. The number of nitrogen functional groups attached to an aromatic ring is 1.